The summed E-state index contributed by atoms with van der Waals surface area (Å²) in [6.07, 6.45) is 1.79. The summed E-state index contributed by atoms with van der Waals surface area (Å²) in [4.78, 5) is 4.06. The average molecular weight is 216 g/mol. The SMILES string of the molecule is CCOc1cc(Br)ncc1C. The molecule has 0 radical (unpaired) electrons. The van der Waals surface area contributed by atoms with Gasteiger partial charge in [0.1, 0.15) is 10.4 Å². The molecule has 0 atom stereocenters. The van der Waals surface area contributed by atoms with Crippen molar-refractivity contribution in [2.45, 2.75) is 13.8 Å². The molecular formula is C8H10BrNO. The second kappa shape index (κ2) is 3.72. The topological polar surface area (TPSA) is 22.1 Å². The van der Waals surface area contributed by atoms with E-state index in [-0.39, 0.29) is 0 Å². The molecule has 0 N–H and O–H groups in total. The number of halogens is 1. The highest BCUT2D eigenvalue weighted by Gasteiger charge is 1.98. The van der Waals surface area contributed by atoms with Gasteiger partial charge in [0.05, 0.1) is 6.61 Å². The molecule has 0 bridgehead atoms. The van der Waals surface area contributed by atoms with Crippen LogP contribution in [0.4, 0.5) is 0 Å². The lowest BCUT2D eigenvalue weighted by Gasteiger charge is -2.05. The molecule has 0 unspecified atom stereocenters. The van der Waals surface area contributed by atoms with Crippen LogP contribution in [0.2, 0.25) is 0 Å². The molecule has 60 valence electrons. The maximum absolute atomic E-state index is 5.35. The summed E-state index contributed by atoms with van der Waals surface area (Å²) in [5, 5.41) is 0. The van der Waals surface area contributed by atoms with Crippen molar-refractivity contribution in [2.24, 2.45) is 0 Å². The summed E-state index contributed by atoms with van der Waals surface area (Å²) in [6, 6.07) is 1.87. The van der Waals surface area contributed by atoms with Crippen molar-refractivity contribution in [3.8, 4) is 5.75 Å². The largest absolute Gasteiger partial charge is 0.493 e. The van der Waals surface area contributed by atoms with Crippen molar-refractivity contribution >= 4 is 15.9 Å². The number of aromatic nitrogens is 1. The van der Waals surface area contributed by atoms with Gasteiger partial charge >= 0.3 is 0 Å². The molecule has 0 aliphatic carbocycles. The fraction of sp³-hybridized carbons (Fsp3) is 0.375. The summed E-state index contributed by atoms with van der Waals surface area (Å²) in [6.45, 7) is 4.63. The second-order valence-electron chi connectivity index (χ2n) is 2.21. The van der Waals surface area contributed by atoms with Crippen molar-refractivity contribution in [1.29, 1.82) is 0 Å². The zero-order valence-corrected chi connectivity index (χ0v) is 8.18. The zero-order chi connectivity index (χ0) is 8.27. The van der Waals surface area contributed by atoms with E-state index in [1.54, 1.807) is 6.20 Å². The molecule has 0 spiro atoms. The Morgan fingerprint density at radius 1 is 1.64 bits per heavy atom. The van der Waals surface area contributed by atoms with E-state index in [4.69, 9.17) is 4.74 Å². The summed E-state index contributed by atoms with van der Waals surface area (Å²) in [5.74, 6) is 0.898. The Labute approximate surface area is 74.7 Å². The number of aryl methyl sites for hydroxylation is 1. The standard InChI is InChI=1S/C8H10BrNO/c1-3-11-7-4-8(9)10-5-6(7)2/h4-5H,3H2,1-2H3. The Morgan fingerprint density at radius 3 is 3.00 bits per heavy atom. The fourth-order valence-electron chi connectivity index (χ4n) is 0.792. The molecule has 1 heterocycles. The van der Waals surface area contributed by atoms with E-state index in [2.05, 4.69) is 20.9 Å². The molecule has 11 heavy (non-hydrogen) atoms. The van der Waals surface area contributed by atoms with Gasteiger partial charge in [0.15, 0.2) is 0 Å². The zero-order valence-electron chi connectivity index (χ0n) is 6.60. The van der Waals surface area contributed by atoms with Crippen LogP contribution in [0.5, 0.6) is 5.75 Å². The fourth-order valence-corrected chi connectivity index (χ4v) is 1.10. The van der Waals surface area contributed by atoms with Crippen LogP contribution in [-0.4, -0.2) is 11.6 Å². The Kier molecular flexibility index (Phi) is 2.88. The van der Waals surface area contributed by atoms with Crippen LogP contribution in [0.1, 0.15) is 12.5 Å². The van der Waals surface area contributed by atoms with Gasteiger partial charge in [-0.05, 0) is 29.8 Å². The number of pyridine rings is 1. The Balaban J connectivity index is 2.93. The first-order valence-electron chi connectivity index (χ1n) is 3.49. The van der Waals surface area contributed by atoms with E-state index in [0.29, 0.717) is 6.61 Å². The summed E-state index contributed by atoms with van der Waals surface area (Å²) in [5.41, 5.74) is 1.06. The smallest absolute Gasteiger partial charge is 0.126 e. The molecule has 0 amide bonds. The molecule has 0 aliphatic rings. The molecule has 2 nitrogen and oxygen atoms in total. The lowest BCUT2D eigenvalue weighted by Crippen LogP contribution is -1.94. The number of rotatable bonds is 2. The minimum atomic E-state index is 0.692. The van der Waals surface area contributed by atoms with Gasteiger partial charge < -0.3 is 4.74 Å². The summed E-state index contributed by atoms with van der Waals surface area (Å²) < 4.78 is 6.16. The van der Waals surface area contributed by atoms with Crippen molar-refractivity contribution < 1.29 is 4.74 Å². The van der Waals surface area contributed by atoms with Gasteiger partial charge in [0.25, 0.3) is 0 Å². The maximum atomic E-state index is 5.35. The minimum absolute atomic E-state index is 0.692. The first kappa shape index (κ1) is 8.53. The lowest BCUT2D eigenvalue weighted by molar-refractivity contribution is 0.337. The van der Waals surface area contributed by atoms with Crippen LogP contribution < -0.4 is 4.74 Å². The van der Waals surface area contributed by atoms with Gasteiger partial charge in [0.2, 0.25) is 0 Å². The van der Waals surface area contributed by atoms with E-state index in [1.807, 2.05) is 19.9 Å². The van der Waals surface area contributed by atoms with E-state index < -0.39 is 0 Å². The molecule has 1 rings (SSSR count). The van der Waals surface area contributed by atoms with Crippen LogP contribution in [0, 0.1) is 6.92 Å². The molecule has 0 saturated heterocycles. The number of hydrogen-bond acceptors (Lipinski definition) is 2. The lowest BCUT2D eigenvalue weighted by atomic mass is 10.3. The number of hydrogen-bond donors (Lipinski definition) is 0. The third-order valence-electron chi connectivity index (χ3n) is 1.32. The molecule has 1 aromatic heterocycles. The first-order chi connectivity index (χ1) is 5.24. The number of ether oxygens (including phenoxy) is 1. The maximum Gasteiger partial charge on any atom is 0.126 e. The highest BCUT2D eigenvalue weighted by molar-refractivity contribution is 9.10. The van der Waals surface area contributed by atoms with E-state index >= 15 is 0 Å². The minimum Gasteiger partial charge on any atom is -0.493 e. The quantitative estimate of drug-likeness (QED) is 0.708. The van der Waals surface area contributed by atoms with Crippen molar-refractivity contribution in [3.63, 3.8) is 0 Å². The third-order valence-corrected chi connectivity index (χ3v) is 1.75. The highest BCUT2D eigenvalue weighted by Crippen LogP contribution is 2.20. The first-order valence-corrected chi connectivity index (χ1v) is 4.28. The van der Waals surface area contributed by atoms with Crippen LogP contribution in [0.15, 0.2) is 16.9 Å². The van der Waals surface area contributed by atoms with Gasteiger partial charge in [-0.3, -0.25) is 0 Å². The number of nitrogens with zero attached hydrogens (tertiary/aromatic N) is 1. The predicted molar refractivity (Wildman–Crippen MR) is 47.8 cm³/mol. The molecule has 1 aromatic rings. The summed E-state index contributed by atoms with van der Waals surface area (Å²) in [7, 11) is 0. The molecule has 0 saturated carbocycles. The van der Waals surface area contributed by atoms with E-state index in [1.165, 1.54) is 0 Å². The summed E-state index contributed by atoms with van der Waals surface area (Å²) >= 11 is 3.28. The Morgan fingerprint density at radius 2 is 2.36 bits per heavy atom. The Bertz CT molecular complexity index is 250. The molecule has 0 aromatic carbocycles. The molecule has 3 heteroatoms. The van der Waals surface area contributed by atoms with Gasteiger partial charge in [-0.2, -0.15) is 0 Å². The molecular weight excluding hydrogens is 206 g/mol. The van der Waals surface area contributed by atoms with Crippen LogP contribution in [-0.2, 0) is 0 Å². The second-order valence-corrected chi connectivity index (χ2v) is 3.02. The average Bonchev–Trinajstić information content (AvgIpc) is 1.98. The van der Waals surface area contributed by atoms with E-state index in [9.17, 15) is 0 Å². The van der Waals surface area contributed by atoms with Crippen molar-refractivity contribution in [2.75, 3.05) is 6.61 Å². The third kappa shape index (κ3) is 2.19. The van der Waals surface area contributed by atoms with Crippen LogP contribution >= 0.6 is 15.9 Å². The van der Waals surface area contributed by atoms with Crippen LogP contribution in [0.25, 0.3) is 0 Å². The Hall–Kier alpha value is -0.570. The van der Waals surface area contributed by atoms with Crippen molar-refractivity contribution in [3.05, 3.63) is 22.4 Å². The van der Waals surface area contributed by atoms with Crippen LogP contribution in [0.3, 0.4) is 0 Å². The van der Waals surface area contributed by atoms with E-state index in [0.717, 1.165) is 15.9 Å². The normalized spacial score (nSPS) is 9.73. The van der Waals surface area contributed by atoms with Gasteiger partial charge in [-0.15, -0.1) is 0 Å². The highest BCUT2D eigenvalue weighted by atomic mass is 79.9. The molecule has 0 fully saturated rings. The predicted octanol–water partition coefficient (Wildman–Crippen LogP) is 2.55. The van der Waals surface area contributed by atoms with Gasteiger partial charge in [0, 0.05) is 17.8 Å². The van der Waals surface area contributed by atoms with Gasteiger partial charge in [-0.1, -0.05) is 0 Å². The van der Waals surface area contributed by atoms with Crippen molar-refractivity contribution in [1.82, 2.24) is 4.98 Å². The molecule has 0 aliphatic heterocycles. The van der Waals surface area contributed by atoms with Gasteiger partial charge in [-0.25, -0.2) is 4.98 Å². The monoisotopic (exact) mass is 215 g/mol.